The first-order chi connectivity index (χ1) is 21.4. The number of nitrogens with one attached hydrogen (secondary N) is 2. The lowest BCUT2D eigenvalue weighted by molar-refractivity contribution is -0.137. The number of aryl methyl sites for hydroxylation is 1. The minimum atomic E-state index is -4.43. The van der Waals surface area contributed by atoms with Crippen molar-refractivity contribution in [3.05, 3.63) is 74.2 Å². The number of amides is 1. The molecule has 4 aromatic rings. The van der Waals surface area contributed by atoms with Crippen LogP contribution in [0, 0.1) is 0 Å². The molecule has 0 aliphatic carbocycles. The molecule has 0 radical (unpaired) electrons. The van der Waals surface area contributed by atoms with Gasteiger partial charge in [-0.2, -0.15) is 22.7 Å². The first-order valence-electron chi connectivity index (χ1n) is 14.7. The normalized spacial score (nSPS) is 18.7. The van der Waals surface area contributed by atoms with Crippen LogP contribution in [0.5, 0.6) is 0 Å². The summed E-state index contributed by atoms with van der Waals surface area (Å²) in [7, 11) is 0. The standard InChI is InChI=1S/C23H28N6O2.C8H5ClF3NO/c1-14-6-9-28-18(14)19(27-10-7-24-8-11-27)21(30)29-22(28)25-20(26-29)15-4-5-17-16(12-15)13-31-23(17,2)3;9-6-3-5(8(10,11)12)1-2-7(6)13-4-14/h4-5,12,14,24H,6-11,13H2,1-3H3;1-4H,(H,13,14). The quantitative estimate of drug-likeness (QED) is 0.296. The summed E-state index contributed by atoms with van der Waals surface area (Å²) in [5, 5.41) is 10.1. The third-order valence-corrected chi connectivity index (χ3v) is 8.87. The van der Waals surface area contributed by atoms with Gasteiger partial charge in [0.25, 0.3) is 5.56 Å². The van der Waals surface area contributed by atoms with Crippen LogP contribution in [0.1, 0.15) is 55.5 Å². The van der Waals surface area contributed by atoms with Crippen molar-refractivity contribution in [2.75, 3.05) is 36.4 Å². The zero-order chi connectivity index (χ0) is 32.1. The van der Waals surface area contributed by atoms with Crippen molar-refractivity contribution >= 4 is 35.2 Å². The summed E-state index contributed by atoms with van der Waals surface area (Å²) in [6.45, 7) is 11.3. The van der Waals surface area contributed by atoms with Crippen LogP contribution in [0.25, 0.3) is 17.2 Å². The second-order valence-electron chi connectivity index (χ2n) is 11.9. The van der Waals surface area contributed by atoms with Gasteiger partial charge in [0, 0.05) is 44.2 Å². The lowest BCUT2D eigenvalue weighted by Crippen LogP contribution is -2.46. The van der Waals surface area contributed by atoms with Crippen LogP contribution in [0.4, 0.5) is 24.5 Å². The molecule has 14 heteroatoms. The average Bonchev–Trinajstić information content (AvgIpc) is 3.70. The monoisotopic (exact) mass is 643 g/mol. The zero-order valence-corrected chi connectivity index (χ0v) is 25.8. The topological polar surface area (TPSA) is 106 Å². The number of piperazine rings is 1. The summed E-state index contributed by atoms with van der Waals surface area (Å²) in [6, 6.07) is 8.95. The zero-order valence-electron chi connectivity index (χ0n) is 25.0. The Labute approximate surface area is 262 Å². The second-order valence-corrected chi connectivity index (χ2v) is 12.3. The molecule has 1 fully saturated rings. The van der Waals surface area contributed by atoms with Crippen molar-refractivity contribution in [1.82, 2.24) is 24.5 Å². The molecule has 3 aliphatic rings. The lowest BCUT2D eigenvalue weighted by Gasteiger charge is -2.31. The SMILES string of the molecule is CC1CCn2c1c(N1CCNCC1)c(=O)n1nc(-c3ccc4c(c3)COC4(C)C)nc21.O=CNc1ccc(C(F)(F)F)cc1Cl. The lowest BCUT2D eigenvalue weighted by atomic mass is 9.94. The number of hydrogen-bond acceptors (Lipinski definition) is 7. The van der Waals surface area contributed by atoms with Crippen LogP contribution in [0.15, 0.2) is 41.2 Å². The predicted octanol–water partition coefficient (Wildman–Crippen LogP) is 5.17. The second kappa shape index (κ2) is 11.8. The van der Waals surface area contributed by atoms with Crippen molar-refractivity contribution in [3.8, 4) is 11.4 Å². The van der Waals surface area contributed by atoms with E-state index >= 15 is 0 Å². The van der Waals surface area contributed by atoms with Crippen LogP contribution in [0.2, 0.25) is 5.02 Å². The average molecular weight is 644 g/mol. The fourth-order valence-corrected chi connectivity index (χ4v) is 6.43. The Morgan fingerprint density at radius 2 is 1.89 bits per heavy atom. The van der Waals surface area contributed by atoms with Crippen LogP contribution < -0.4 is 21.1 Å². The molecule has 0 bridgehead atoms. The molecule has 2 aromatic carbocycles. The number of alkyl halides is 3. The van der Waals surface area contributed by atoms with Gasteiger partial charge in [0.2, 0.25) is 12.2 Å². The van der Waals surface area contributed by atoms with E-state index in [1.165, 1.54) is 10.1 Å². The Kier molecular flexibility index (Phi) is 8.12. The molecule has 2 N–H and O–H groups in total. The number of fused-ring (bicyclic) bond motifs is 4. The van der Waals surface area contributed by atoms with Gasteiger partial charge in [-0.05, 0) is 55.7 Å². The molecule has 2 aromatic heterocycles. The third-order valence-electron chi connectivity index (χ3n) is 8.56. The molecule has 238 valence electrons. The van der Waals surface area contributed by atoms with E-state index in [4.69, 9.17) is 26.4 Å². The van der Waals surface area contributed by atoms with Crippen LogP contribution >= 0.6 is 11.6 Å². The number of nitrogens with zero attached hydrogens (tertiary/aromatic N) is 5. The first-order valence-corrected chi connectivity index (χ1v) is 15.1. The Morgan fingerprint density at radius 1 is 1.13 bits per heavy atom. The van der Waals surface area contributed by atoms with Crippen molar-refractivity contribution in [2.24, 2.45) is 0 Å². The molecule has 0 spiro atoms. The predicted molar refractivity (Wildman–Crippen MR) is 165 cm³/mol. The highest BCUT2D eigenvalue weighted by Gasteiger charge is 2.34. The number of hydrogen-bond donors (Lipinski definition) is 2. The van der Waals surface area contributed by atoms with Crippen molar-refractivity contribution in [3.63, 3.8) is 0 Å². The van der Waals surface area contributed by atoms with Gasteiger partial charge >= 0.3 is 6.18 Å². The summed E-state index contributed by atoms with van der Waals surface area (Å²) < 4.78 is 46.1. The van der Waals surface area contributed by atoms with E-state index in [0.29, 0.717) is 30.5 Å². The van der Waals surface area contributed by atoms with Crippen LogP contribution in [0.3, 0.4) is 0 Å². The van der Waals surface area contributed by atoms with E-state index in [0.717, 1.165) is 79.9 Å². The number of benzene rings is 2. The maximum absolute atomic E-state index is 13.6. The molecule has 1 atom stereocenters. The minimum Gasteiger partial charge on any atom is -0.366 e. The van der Waals surface area contributed by atoms with Gasteiger partial charge < -0.3 is 24.8 Å². The number of rotatable bonds is 4. The summed E-state index contributed by atoms with van der Waals surface area (Å²) in [5.41, 5.74) is 4.18. The van der Waals surface area contributed by atoms with Crippen LogP contribution in [-0.4, -0.2) is 51.8 Å². The van der Waals surface area contributed by atoms with E-state index in [2.05, 4.69) is 53.0 Å². The van der Waals surface area contributed by atoms with Crippen LogP contribution in [-0.2, 0) is 34.5 Å². The molecule has 45 heavy (non-hydrogen) atoms. The molecule has 0 saturated carbocycles. The highest BCUT2D eigenvalue weighted by molar-refractivity contribution is 6.33. The molecular weight excluding hydrogens is 611 g/mol. The van der Waals surface area contributed by atoms with Crippen molar-refractivity contribution in [1.29, 1.82) is 0 Å². The fraction of sp³-hybridized carbons (Fsp3) is 0.419. The van der Waals surface area contributed by atoms with Crippen molar-refractivity contribution in [2.45, 2.75) is 58.0 Å². The van der Waals surface area contributed by atoms with Gasteiger partial charge in [0.1, 0.15) is 5.69 Å². The highest BCUT2D eigenvalue weighted by atomic mass is 35.5. The number of anilines is 2. The number of aromatic nitrogens is 4. The molecule has 3 aliphatic heterocycles. The first kappa shape index (κ1) is 31.1. The van der Waals surface area contributed by atoms with E-state index < -0.39 is 11.7 Å². The Morgan fingerprint density at radius 3 is 2.58 bits per heavy atom. The molecule has 1 saturated heterocycles. The molecule has 1 unspecified atom stereocenters. The van der Waals surface area contributed by atoms with E-state index in [1.807, 2.05) is 6.07 Å². The fourth-order valence-electron chi connectivity index (χ4n) is 6.20. The highest BCUT2D eigenvalue weighted by Crippen LogP contribution is 2.38. The number of carbonyl (C=O) groups excluding carboxylic acids is 1. The maximum Gasteiger partial charge on any atom is 0.416 e. The van der Waals surface area contributed by atoms with Crippen molar-refractivity contribution < 1.29 is 22.7 Å². The van der Waals surface area contributed by atoms with E-state index in [1.54, 1.807) is 0 Å². The van der Waals surface area contributed by atoms with Gasteiger partial charge in [0.15, 0.2) is 5.82 Å². The smallest absolute Gasteiger partial charge is 0.366 e. The van der Waals surface area contributed by atoms with E-state index in [9.17, 15) is 22.8 Å². The summed E-state index contributed by atoms with van der Waals surface area (Å²) in [4.78, 5) is 30.7. The van der Waals surface area contributed by atoms with Gasteiger partial charge in [-0.25, -0.2) is 0 Å². The Hall–Kier alpha value is -3.94. The summed E-state index contributed by atoms with van der Waals surface area (Å²) in [6.07, 6.45) is -3.07. The van der Waals surface area contributed by atoms with E-state index in [-0.39, 0.29) is 21.9 Å². The molecular formula is C31H33ClF3N7O3. The molecule has 5 heterocycles. The summed E-state index contributed by atoms with van der Waals surface area (Å²) in [5.74, 6) is 1.58. The third kappa shape index (κ3) is 5.80. The maximum atomic E-state index is 13.6. The molecule has 10 nitrogen and oxygen atoms in total. The largest absolute Gasteiger partial charge is 0.416 e. The van der Waals surface area contributed by atoms with Gasteiger partial charge in [-0.1, -0.05) is 30.7 Å². The minimum absolute atomic E-state index is 0.0544. The summed E-state index contributed by atoms with van der Waals surface area (Å²) >= 11 is 5.49. The molecule has 1 amide bonds. The Balaban J connectivity index is 0.000000216. The van der Waals surface area contributed by atoms with Gasteiger partial charge in [-0.15, -0.1) is 5.10 Å². The Bertz CT molecular complexity index is 1830. The van der Waals surface area contributed by atoms with Gasteiger partial charge in [-0.3, -0.25) is 9.59 Å². The number of ether oxygens (including phenoxy) is 1. The molecule has 7 rings (SSSR count). The number of carbonyl (C=O) groups is 1. The van der Waals surface area contributed by atoms with Gasteiger partial charge in [0.05, 0.1) is 34.2 Å². The number of halogens is 4.